The van der Waals surface area contributed by atoms with E-state index in [-0.39, 0.29) is 23.6 Å². The summed E-state index contributed by atoms with van der Waals surface area (Å²) in [7, 11) is 0. The Morgan fingerprint density at radius 2 is 1.97 bits per heavy atom. The molecule has 1 aromatic carbocycles. The van der Waals surface area contributed by atoms with Gasteiger partial charge in [-0.3, -0.25) is 4.90 Å². The van der Waals surface area contributed by atoms with Crippen molar-refractivity contribution in [3.8, 4) is 5.69 Å². The van der Waals surface area contributed by atoms with Crippen LogP contribution in [0.1, 0.15) is 32.4 Å². The van der Waals surface area contributed by atoms with Crippen molar-refractivity contribution in [2.45, 2.75) is 38.3 Å². The highest BCUT2D eigenvalue weighted by molar-refractivity contribution is 6.30. The van der Waals surface area contributed by atoms with E-state index in [9.17, 15) is 4.79 Å². The zero-order valence-corrected chi connectivity index (χ0v) is 18.1. The molecule has 1 aliphatic carbocycles. The standard InChI is InChI=1S/C22H23ClN6O2/c1-14(2)17-12-31-21(30)29(17)19-7-10-24-20(26-19)27-22(8-9-22)18-11-28(13-25-18)16-5-3-15(23)4-6-16/h3-7,10-11,13-14,17H,8-9,12H2,1-2H3,(H,24,26,27)/t17-/m1/s1. The second-order valence-electron chi connectivity index (χ2n) is 8.35. The number of halogens is 1. The van der Waals surface area contributed by atoms with Crippen molar-refractivity contribution in [1.29, 1.82) is 0 Å². The van der Waals surface area contributed by atoms with Gasteiger partial charge >= 0.3 is 6.09 Å². The Hall–Kier alpha value is -3.13. The third-order valence-corrected chi connectivity index (χ3v) is 6.11. The number of carbonyl (C=O) groups excluding carboxylic acids is 1. The average molecular weight is 439 g/mol. The largest absolute Gasteiger partial charge is 0.447 e. The van der Waals surface area contributed by atoms with E-state index in [0.29, 0.717) is 23.4 Å². The molecule has 160 valence electrons. The first-order valence-electron chi connectivity index (χ1n) is 10.3. The molecule has 0 spiro atoms. The molecule has 2 aliphatic rings. The zero-order valence-electron chi connectivity index (χ0n) is 17.3. The molecule has 8 nitrogen and oxygen atoms in total. The van der Waals surface area contributed by atoms with Crippen LogP contribution in [0, 0.1) is 5.92 Å². The lowest BCUT2D eigenvalue weighted by Crippen LogP contribution is -2.38. The summed E-state index contributed by atoms with van der Waals surface area (Å²) in [5, 5.41) is 4.14. The molecular weight excluding hydrogens is 416 g/mol. The van der Waals surface area contributed by atoms with Crippen molar-refractivity contribution >= 4 is 29.5 Å². The van der Waals surface area contributed by atoms with Gasteiger partial charge in [0, 0.05) is 23.1 Å². The van der Waals surface area contributed by atoms with Crippen LogP contribution in [0.15, 0.2) is 49.1 Å². The van der Waals surface area contributed by atoms with Gasteiger partial charge in [-0.15, -0.1) is 0 Å². The molecule has 1 saturated heterocycles. The number of ether oxygens (including phenoxy) is 1. The van der Waals surface area contributed by atoms with E-state index in [2.05, 4.69) is 34.1 Å². The monoisotopic (exact) mass is 438 g/mol. The molecule has 5 rings (SSSR count). The number of hydrogen-bond acceptors (Lipinski definition) is 6. The van der Waals surface area contributed by atoms with Gasteiger partial charge in [-0.1, -0.05) is 25.4 Å². The van der Waals surface area contributed by atoms with Gasteiger partial charge in [0.05, 0.1) is 23.6 Å². The number of benzene rings is 1. The highest BCUT2D eigenvalue weighted by Crippen LogP contribution is 2.47. The van der Waals surface area contributed by atoms with E-state index >= 15 is 0 Å². The fourth-order valence-electron chi connectivity index (χ4n) is 3.84. The van der Waals surface area contributed by atoms with Crippen molar-refractivity contribution < 1.29 is 9.53 Å². The van der Waals surface area contributed by atoms with E-state index < -0.39 is 0 Å². The Bertz CT molecular complexity index is 1110. The average Bonchev–Trinajstić information content (AvgIpc) is 3.18. The summed E-state index contributed by atoms with van der Waals surface area (Å²) in [6.45, 7) is 4.50. The highest BCUT2D eigenvalue weighted by atomic mass is 35.5. The van der Waals surface area contributed by atoms with Crippen molar-refractivity contribution in [1.82, 2.24) is 19.5 Å². The van der Waals surface area contributed by atoms with Gasteiger partial charge in [0.15, 0.2) is 0 Å². The Labute approximate surface area is 185 Å². The molecule has 2 fully saturated rings. The van der Waals surface area contributed by atoms with Crippen molar-refractivity contribution in [3.63, 3.8) is 0 Å². The third-order valence-electron chi connectivity index (χ3n) is 5.86. The van der Waals surface area contributed by atoms with Crippen LogP contribution in [0.5, 0.6) is 0 Å². The molecule has 1 atom stereocenters. The maximum Gasteiger partial charge on any atom is 0.415 e. The summed E-state index contributed by atoms with van der Waals surface area (Å²) in [5.41, 5.74) is 1.61. The molecule has 1 N–H and O–H groups in total. The van der Waals surface area contributed by atoms with Gasteiger partial charge in [-0.05, 0) is 49.1 Å². The first-order chi connectivity index (χ1) is 14.9. The molecular formula is C22H23ClN6O2. The Morgan fingerprint density at radius 3 is 2.68 bits per heavy atom. The number of aromatic nitrogens is 4. The number of amides is 1. The lowest BCUT2D eigenvalue weighted by molar-refractivity contribution is 0.177. The fraction of sp³-hybridized carbons (Fsp3) is 0.364. The van der Waals surface area contributed by atoms with Gasteiger partial charge in [0.25, 0.3) is 0 Å². The second kappa shape index (κ2) is 7.53. The van der Waals surface area contributed by atoms with Crippen LogP contribution in [0.25, 0.3) is 5.69 Å². The maximum atomic E-state index is 12.3. The number of imidazole rings is 1. The predicted octanol–water partition coefficient (Wildman–Crippen LogP) is 4.40. The van der Waals surface area contributed by atoms with Gasteiger partial charge in [-0.2, -0.15) is 4.98 Å². The number of carbonyl (C=O) groups is 1. The molecule has 1 aliphatic heterocycles. The van der Waals surface area contributed by atoms with Crippen LogP contribution in [0.4, 0.5) is 16.6 Å². The quantitative estimate of drug-likeness (QED) is 0.614. The minimum Gasteiger partial charge on any atom is -0.447 e. The summed E-state index contributed by atoms with van der Waals surface area (Å²) in [5.74, 6) is 1.27. The number of hydrogen-bond donors (Lipinski definition) is 1. The summed E-state index contributed by atoms with van der Waals surface area (Å²) >= 11 is 5.99. The first-order valence-corrected chi connectivity index (χ1v) is 10.7. The van der Waals surface area contributed by atoms with Crippen LogP contribution in [0.2, 0.25) is 5.02 Å². The molecule has 31 heavy (non-hydrogen) atoms. The molecule has 0 unspecified atom stereocenters. The minimum absolute atomic E-state index is 0.0415. The number of nitrogens with zero attached hydrogens (tertiary/aromatic N) is 5. The van der Waals surface area contributed by atoms with Gasteiger partial charge in [0.2, 0.25) is 5.95 Å². The zero-order chi connectivity index (χ0) is 21.6. The predicted molar refractivity (Wildman–Crippen MR) is 118 cm³/mol. The van der Waals surface area contributed by atoms with Gasteiger partial charge < -0.3 is 14.6 Å². The number of anilines is 2. The van der Waals surface area contributed by atoms with Crippen LogP contribution in [-0.2, 0) is 10.3 Å². The number of rotatable bonds is 6. The summed E-state index contributed by atoms with van der Waals surface area (Å²) in [6.07, 6.45) is 6.96. The maximum absolute atomic E-state index is 12.3. The lowest BCUT2D eigenvalue weighted by atomic mass is 10.0. The second-order valence-corrected chi connectivity index (χ2v) is 8.78. The van der Waals surface area contributed by atoms with Crippen LogP contribution >= 0.6 is 11.6 Å². The molecule has 0 radical (unpaired) electrons. The molecule has 1 saturated carbocycles. The van der Waals surface area contributed by atoms with Crippen molar-refractivity contribution in [3.05, 3.63) is 59.8 Å². The number of cyclic esters (lactones) is 1. The summed E-state index contributed by atoms with van der Waals surface area (Å²) in [6, 6.07) is 9.31. The Kier molecular flexibility index (Phi) is 4.81. The van der Waals surface area contributed by atoms with E-state index in [1.807, 2.05) is 35.0 Å². The van der Waals surface area contributed by atoms with E-state index in [1.54, 1.807) is 23.5 Å². The Morgan fingerprint density at radius 1 is 1.19 bits per heavy atom. The van der Waals surface area contributed by atoms with E-state index in [0.717, 1.165) is 24.2 Å². The number of nitrogens with one attached hydrogen (secondary N) is 1. The van der Waals surface area contributed by atoms with Gasteiger partial charge in [0.1, 0.15) is 12.4 Å². The molecule has 3 heterocycles. The van der Waals surface area contributed by atoms with Crippen LogP contribution < -0.4 is 10.2 Å². The summed E-state index contributed by atoms with van der Waals surface area (Å²) in [4.78, 5) is 27.5. The molecule has 0 bridgehead atoms. The van der Waals surface area contributed by atoms with E-state index in [4.69, 9.17) is 16.3 Å². The lowest BCUT2D eigenvalue weighted by Gasteiger charge is -2.24. The SMILES string of the molecule is CC(C)[C@H]1COC(=O)N1c1ccnc(NC2(c3cn(-c4ccc(Cl)cc4)cn3)CC2)n1. The van der Waals surface area contributed by atoms with E-state index in [1.165, 1.54) is 0 Å². The highest BCUT2D eigenvalue weighted by Gasteiger charge is 2.47. The Balaban J connectivity index is 1.38. The topological polar surface area (TPSA) is 85.2 Å². The van der Waals surface area contributed by atoms with Crippen LogP contribution in [0.3, 0.4) is 0 Å². The summed E-state index contributed by atoms with van der Waals surface area (Å²) < 4.78 is 7.22. The third kappa shape index (κ3) is 3.72. The minimum atomic E-state index is -0.369. The molecule has 3 aromatic rings. The smallest absolute Gasteiger partial charge is 0.415 e. The normalized spacial score (nSPS) is 19.5. The van der Waals surface area contributed by atoms with Crippen molar-refractivity contribution in [2.75, 3.05) is 16.8 Å². The van der Waals surface area contributed by atoms with Crippen molar-refractivity contribution in [2.24, 2.45) is 5.92 Å². The molecule has 1 amide bonds. The molecule has 2 aromatic heterocycles. The fourth-order valence-corrected chi connectivity index (χ4v) is 3.97. The van der Waals surface area contributed by atoms with Crippen LogP contribution in [-0.4, -0.2) is 38.3 Å². The van der Waals surface area contributed by atoms with Gasteiger partial charge in [-0.25, -0.2) is 14.8 Å². The molecule has 9 heteroatoms. The first kappa shape index (κ1) is 19.8.